The number of hydrogen-bond acceptors (Lipinski definition) is 3. The maximum absolute atomic E-state index is 13.3. The van der Waals surface area contributed by atoms with Crippen LogP contribution in [0.2, 0.25) is 5.02 Å². The SMILES string of the molecule is Cc1cc(-c2nc(-c3ccc(Cl)c(C(F)F)c3)n3c2CCOCC3)cc(C)n1. The number of benzene rings is 1. The van der Waals surface area contributed by atoms with Crippen molar-refractivity contribution in [1.29, 1.82) is 0 Å². The minimum Gasteiger partial charge on any atom is -0.379 e. The average molecular weight is 404 g/mol. The first kappa shape index (κ1) is 19.0. The third-order valence-electron chi connectivity index (χ3n) is 4.86. The number of imidazole rings is 1. The van der Waals surface area contributed by atoms with Crippen LogP contribution in [0.3, 0.4) is 0 Å². The topological polar surface area (TPSA) is 39.9 Å². The number of halogens is 3. The maximum atomic E-state index is 13.3. The molecule has 4 nitrogen and oxygen atoms in total. The summed E-state index contributed by atoms with van der Waals surface area (Å²) < 4.78 is 34.4. The predicted octanol–water partition coefficient (Wildman–Crippen LogP) is 5.39. The van der Waals surface area contributed by atoms with Gasteiger partial charge in [-0.25, -0.2) is 13.8 Å². The van der Waals surface area contributed by atoms with Crippen molar-refractivity contribution in [2.75, 3.05) is 13.2 Å². The highest BCUT2D eigenvalue weighted by molar-refractivity contribution is 6.31. The average Bonchev–Trinajstić information content (AvgIpc) is 2.82. The molecule has 1 aliphatic rings. The van der Waals surface area contributed by atoms with Crippen LogP contribution < -0.4 is 0 Å². The van der Waals surface area contributed by atoms with Crippen LogP contribution in [0, 0.1) is 13.8 Å². The Kier molecular flexibility index (Phi) is 5.17. The molecule has 1 aromatic carbocycles. The summed E-state index contributed by atoms with van der Waals surface area (Å²) in [4.78, 5) is 9.32. The Morgan fingerprint density at radius 1 is 1.04 bits per heavy atom. The van der Waals surface area contributed by atoms with Gasteiger partial charge in [0.1, 0.15) is 5.82 Å². The number of rotatable bonds is 3. The summed E-state index contributed by atoms with van der Waals surface area (Å²) in [7, 11) is 0. The largest absolute Gasteiger partial charge is 0.379 e. The zero-order valence-electron chi connectivity index (χ0n) is 15.7. The lowest BCUT2D eigenvalue weighted by atomic mass is 10.1. The van der Waals surface area contributed by atoms with Gasteiger partial charge in [0, 0.05) is 51.8 Å². The molecule has 0 amide bonds. The molecule has 0 radical (unpaired) electrons. The zero-order valence-corrected chi connectivity index (χ0v) is 16.4. The number of aryl methyl sites for hydroxylation is 2. The molecule has 0 saturated heterocycles. The van der Waals surface area contributed by atoms with E-state index in [-0.39, 0.29) is 10.6 Å². The van der Waals surface area contributed by atoms with Crippen molar-refractivity contribution >= 4 is 11.6 Å². The van der Waals surface area contributed by atoms with Gasteiger partial charge in [-0.15, -0.1) is 0 Å². The second kappa shape index (κ2) is 7.60. The van der Waals surface area contributed by atoms with Crippen LogP contribution in [0.1, 0.15) is 29.1 Å². The molecule has 3 heterocycles. The molecule has 0 saturated carbocycles. The molecule has 7 heteroatoms. The number of pyridine rings is 1. The molecular weight excluding hydrogens is 384 g/mol. The van der Waals surface area contributed by atoms with Crippen LogP contribution in [0.25, 0.3) is 22.6 Å². The number of ether oxygens (including phenoxy) is 1. The first-order valence-electron chi connectivity index (χ1n) is 9.15. The van der Waals surface area contributed by atoms with E-state index in [2.05, 4.69) is 9.55 Å². The number of aromatic nitrogens is 3. The lowest BCUT2D eigenvalue weighted by Crippen LogP contribution is -2.06. The van der Waals surface area contributed by atoms with E-state index in [0.717, 1.165) is 28.3 Å². The molecule has 4 rings (SSSR count). The lowest BCUT2D eigenvalue weighted by Gasteiger charge is -2.10. The molecule has 0 unspecified atom stereocenters. The molecular formula is C21H20ClF2N3O. The third kappa shape index (κ3) is 3.54. The van der Waals surface area contributed by atoms with Gasteiger partial charge in [-0.05, 0) is 44.2 Å². The van der Waals surface area contributed by atoms with Crippen molar-refractivity contribution in [3.05, 3.63) is 58.0 Å². The number of alkyl halides is 2. The molecule has 3 aromatic rings. The van der Waals surface area contributed by atoms with Gasteiger partial charge >= 0.3 is 0 Å². The summed E-state index contributed by atoms with van der Waals surface area (Å²) in [6.07, 6.45) is -1.93. The molecule has 0 N–H and O–H groups in total. The van der Waals surface area contributed by atoms with Crippen molar-refractivity contribution in [1.82, 2.24) is 14.5 Å². The Morgan fingerprint density at radius 3 is 2.50 bits per heavy atom. The zero-order chi connectivity index (χ0) is 19.8. The van der Waals surface area contributed by atoms with Gasteiger partial charge in [-0.3, -0.25) is 4.98 Å². The van der Waals surface area contributed by atoms with Gasteiger partial charge in [0.25, 0.3) is 6.43 Å². The second-order valence-corrected chi connectivity index (χ2v) is 7.33. The van der Waals surface area contributed by atoms with E-state index in [1.807, 2.05) is 26.0 Å². The van der Waals surface area contributed by atoms with E-state index < -0.39 is 6.43 Å². The van der Waals surface area contributed by atoms with Crippen LogP contribution in [0.15, 0.2) is 30.3 Å². The standard InChI is InChI=1S/C21H20ClF2N3O/c1-12-9-15(10-13(2)25-12)19-18-5-7-28-8-6-27(18)21(26-19)14-3-4-17(22)16(11-14)20(23)24/h3-4,9-11,20H,5-8H2,1-2H3. The van der Waals surface area contributed by atoms with Gasteiger partial charge in [0.2, 0.25) is 0 Å². The van der Waals surface area contributed by atoms with E-state index in [1.54, 1.807) is 6.07 Å². The van der Waals surface area contributed by atoms with Crippen molar-refractivity contribution in [3.8, 4) is 22.6 Å². The number of hydrogen-bond donors (Lipinski definition) is 0. The van der Waals surface area contributed by atoms with Crippen molar-refractivity contribution < 1.29 is 13.5 Å². The molecule has 0 bridgehead atoms. The Morgan fingerprint density at radius 2 is 1.79 bits per heavy atom. The highest BCUT2D eigenvalue weighted by Crippen LogP contribution is 2.35. The summed E-state index contributed by atoms with van der Waals surface area (Å²) >= 11 is 5.95. The Bertz CT molecular complexity index is 1010. The Balaban J connectivity index is 1.92. The van der Waals surface area contributed by atoms with E-state index in [0.29, 0.717) is 37.6 Å². The summed E-state index contributed by atoms with van der Waals surface area (Å²) in [6, 6.07) is 8.67. The van der Waals surface area contributed by atoms with Crippen molar-refractivity contribution in [3.63, 3.8) is 0 Å². The molecule has 0 aliphatic carbocycles. The van der Waals surface area contributed by atoms with Gasteiger partial charge in [-0.1, -0.05) is 11.6 Å². The summed E-state index contributed by atoms with van der Waals surface area (Å²) in [6.45, 7) is 5.67. The smallest absolute Gasteiger partial charge is 0.265 e. The molecule has 0 spiro atoms. The van der Waals surface area contributed by atoms with Crippen LogP contribution in [-0.2, 0) is 17.7 Å². The van der Waals surface area contributed by atoms with Crippen molar-refractivity contribution in [2.45, 2.75) is 33.2 Å². The fourth-order valence-corrected chi connectivity index (χ4v) is 3.88. The van der Waals surface area contributed by atoms with Crippen LogP contribution in [0.4, 0.5) is 8.78 Å². The molecule has 2 aromatic heterocycles. The first-order valence-corrected chi connectivity index (χ1v) is 9.52. The highest BCUT2D eigenvalue weighted by atomic mass is 35.5. The first-order chi connectivity index (χ1) is 13.4. The predicted molar refractivity (Wildman–Crippen MR) is 105 cm³/mol. The summed E-state index contributed by atoms with van der Waals surface area (Å²) in [5.41, 5.74) is 5.14. The van der Waals surface area contributed by atoms with Gasteiger partial charge in [0.15, 0.2) is 0 Å². The fourth-order valence-electron chi connectivity index (χ4n) is 3.68. The van der Waals surface area contributed by atoms with Gasteiger partial charge < -0.3 is 9.30 Å². The quantitative estimate of drug-likeness (QED) is 0.588. The minimum absolute atomic E-state index is 0.0605. The highest BCUT2D eigenvalue weighted by Gasteiger charge is 2.23. The van der Waals surface area contributed by atoms with E-state index in [1.165, 1.54) is 12.1 Å². The minimum atomic E-state index is -2.64. The van der Waals surface area contributed by atoms with E-state index in [9.17, 15) is 8.78 Å². The van der Waals surface area contributed by atoms with E-state index in [4.69, 9.17) is 21.3 Å². The molecule has 1 aliphatic heterocycles. The summed E-state index contributed by atoms with van der Waals surface area (Å²) in [5.74, 6) is 0.654. The lowest BCUT2D eigenvalue weighted by molar-refractivity contribution is 0.140. The molecule has 146 valence electrons. The number of fused-ring (bicyclic) bond motifs is 1. The van der Waals surface area contributed by atoms with Crippen LogP contribution >= 0.6 is 11.6 Å². The fraction of sp³-hybridized carbons (Fsp3) is 0.333. The Hall–Kier alpha value is -2.31. The molecule has 0 atom stereocenters. The molecule has 28 heavy (non-hydrogen) atoms. The maximum Gasteiger partial charge on any atom is 0.265 e. The van der Waals surface area contributed by atoms with Gasteiger partial charge in [-0.2, -0.15) is 0 Å². The van der Waals surface area contributed by atoms with Crippen molar-refractivity contribution in [2.24, 2.45) is 0 Å². The van der Waals surface area contributed by atoms with Crippen LogP contribution in [-0.4, -0.2) is 27.7 Å². The normalized spacial score (nSPS) is 14.2. The Labute approximate surface area is 167 Å². The number of nitrogens with zero attached hydrogens (tertiary/aromatic N) is 3. The van der Waals surface area contributed by atoms with Crippen LogP contribution in [0.5, 0.6) is 0 Å². The monoisotopic (exact) mass is 403 g/mol. The summed E-state index contributed by atoms with van der Waals surface area (Å²) in [5, 5.41) is 0.0605. The second-order valence-electron chi connectivity index (χ2n) is 6.92. The van der Waals surface area contributed by atoms with Gasteiger partial charge in [0.05, 0.1) is 18.9 Å². The van der Waals surface area contributed by atoms with E-state index >= 15 is 0 Å². The molecule has 0 fully saturated rings. The third-order valence-corrected chi connectivity index (χ3v) is 5.20.